The Bertz CT molecular complexity index is 595. The quantitative estimate of drug-likeness (QED) is 0.884. The molecule has 19 heavy (non-hydrogen) atoms. The lowest BCUT2D eigenvalue weighted by atomic mass is 9.95. The summed E-state index contributed by atoms with van der Waals surface area (Å²) < 4.78 is 13.1. The fraction of sp³-hybridized carbons (Fsp3) is 0.250. The van der Waals surface area contributed by atoms with Crippen LogP contribution < -0.4 is 0 Å². The van der Waals surface area contributed by atoms with Crippen LogP contribution in [-0.4, -0.2) is 5.11 Å². The van der Waals surface area contributed by atoms with Crippen LogP contribution in [0.25, 0.3) is 0 Å². The van der Waals surface area contributed by atoms with E-state index in [4.69, 9.17) is 11.6 Å². The second-order valence-electron chi connectivity index (χ2n) is 4.76. The third-order valence-corrected chi connectivity index (χ3v) is 3.71. The molecule has 0 aliphatic heterocycles. The first-order chi connectivity index (χ1) is 8.99. The monoisotopic (exact) mass is 278 g/mol. The molecule has 1 nitrogen and oxygen atoms in total. The third-order valence-electron chi connectivity index (χ3n) is 3.42. The minimum absolute atomic E-state index is 0.0886. The Morgan fingerprint density at radius 2 is 1.95 bits per heavy atom. The van der Waals surface area contributed by atoms with Crippen molar-refractivity contribution >= 4 is 11.6 Å². The number of aryl methyl sites for hydroxylation is 1. The lowest BCUT2D eigenvalue weighted by Gasteiger charge is -2.15. The lowest BCUT2D eigenvalue weighted by Crippen LogP contribution is -2.05. The molecule has 0 amide bonds. The minimum Gasteiger partial charge on any atom is -0.388 e. The molecule has 1 unspecified atom stereocenters. The molecule has 3 heteroatoms. The molecule has 1 N–H and O–H groups in total. The van der Waals surface area contributed by atoms with Crippen molar-refractivity contribution in [2.75, 3.05) is 0 Å². The van der Waals surface area contributed by atoms with Crippen LogP contribution in [0.3, 0.4) is 0 Å². The van der Waals surface area contributed by atoms with Crippen molar-refractivity contribution in [3.63, 3.8) is 0 Å². The number of halogens is 2. The van der Waals surface area contributed by atoms with Crippen LogP contribution in [-0.2, 0) is 6.42 Å². The Hall–Kier alpha value is -1.38. The van der Waals surface area contributed by atoms with Gasteiger partial charge in [-0.05, 0) is 48.2 Å². The molecule has 2 aromatic rings. The normalized spacial score (nSPS) is 12.5. The molecular formula is C16H16ClFO. The first-order valence-electron chi connectivity index (χ1n) is 6.17. The van der Waals surface area contributed by atoms with Gasteiger partial charge in [0.05, 0.1) is 11.1 Å². The number of hydrogen-bond acceptors (Lipinski definition) is 1. The van der Waals surface area contributed by atoms with Gasteiger partial charge in [0.2, 0.25) is 0 Å². The summed E-state index contributed by atoms with van der Waals surface area (Å²) in [5, 5.41) is 10.4. The van der Waals surface area contributed by atoms with Crippen LogP contribution in [0.15, 0.2) is 36.4 Å². The second-order valence-corrected chi connectivity index (χ2v) is 5.16. The predicted octanol–water partition coefficient (Wildman–Crippen LogP) is 4.37. The third kappa shape index (κ3) is 3.14. The highest BCUT2D eigenvalue weighted by atomic mass is 35.5. The van der Waals surface area contributed by atoms with Gasteiger partial charge in [0.25, 0.3) is 0 Å². The smallest absolute Gasteiger partial charge is 0.141 e. The highest BCUT2D eigenvalue weighted by molar-refractivity contribution is 6.30. The van der Waals surface area contributed by atoms with Crippen molar-refractivity contribution in [2.24, 2.45) is 0 Å². The molecule has 0 saturated carbocycles. The van der Waals surface area contributed by atoms with Crippen LogP contribution in [0.2, 0.25) is 5.02 Å². The van der Waals surface area contributed by atoms with Gasteiger partial charge in [-0.15, -0.1) is 0 Å². The largest absolute Gasteiger partial charge is 0.388 e. The first-order valence-corrected chi connectivity index (χ1v) is 6.55. The van der Waals surface area contributed by atoms with Crippen LogP contribution in [0, 0.1) is 19.7 Å². The Morgan fingerprint density at radius 3 is 2.63 bits per heavy atom. The van der Waals surface area contributed by atoms with E-state index in [0.717, 1.165) is 22.3 Å². The maximum absolute atomic E-state index is 13.1. The molecule has 0 aliphatic rings. The zero-order valence-corrected chi connectivity index (χ0v) is 11.7. The number of benzene rings is 2. The maximum atomic E-state index is 13.1. The van der Waals surface area contributed by atoms with E-state index in [-0.39, 0.29) is 5.02 Å². The summed E-state index contributed by atoms with van der Waals surface area (Å²) in [5.74, 6) is -0.438. The standard InChI is InChI=1S/C16H16ClFO/c1-10-4-3-5-13(11(10)2)16(19)9-12-6-7-15(18)14(17)8-12/h3-8,16,19H,9H2,1-2H3. The SMILES string of the molecule is Cc1cccc(C(O)Cc2ccc(F)c(Cl)c2)c1C. The Kier molecular flexibility index (Phi) is 4.23. The second kappa shape index (κ2) is 5.72. The number of aliphatic hydroxyl groups is 1. The van der Waals surface area contributed by atoms with Crippen LogP contribution in [0.1, 0.15) is 28.4 Å². The molecule has 1 atom stereocenters. The van der Waals surface area contributed by atoms with Gasteiger partial charge < -0.3 is 5.11 Å². The molecule has 0 bridgehead atoms. The number of rotatable bonds is 3. The zero-order valence-electron chi connectivity index (χ0n) is 11.0. The molecule has 0 aromatic heterocycles. The Balaban J connectivity index is 2.23. The molecule has 0 spiro atoms. The summed E-state index contributed by atoms with van der Waals surface area (Å²) >= 11 is 5.74. The van der Waals surface area contributed by atoms with Crippen molar-refractivity contribution in [1.82, 2.24) is 0 Å². The van der Waals surface area contributed by atoms with Gasteiger partial charge in [-0.25, -0.2) is 4.39 Å². The van der Waals surface area contributed by atoms with E-state index in [0.29, 0.717) is 6.42 Å². The van der Waals surface area contributed by atoms with Crippen molar-refractivity contribution in [3.05, 3.63) is 69.5 Å². The summed E-state index contributed by atoms with van der Waals surface area (Å²) in [6.45, 7) is 4.01. The molecule has 0 aliphatic carbocycles. The number of hydrogen-bond donors (Lipinski definition) is 1. The van der Waals surface area contributed by atoms with E-state index < -0.39 is 11.9 Å². The highest BCUT2D eigenvalue weighted by Gasteiger charge is 2.13. The Morgan fingerprint density at radius 1 is 1.21 bits per heavy atom. The van der Waals surface area contributed by atoms with Gasteiger partial charge in [-0.2, -0.15) is 0 Å². The van der Waals surface area contributed by atoms with Crippen molar-refractivity contribution in [1.29, 1.82) is 0 Å². The predicted molar refractivity (Wildman–Crippen MR) is 76.0 cm³/mol. The van der Waals surface area contributed by atoms with E-state index in [1.807, 2.05) is 32.0 Å². The number of aliphatic hydroxyl groups excluding tert-OH is 1. The summed E-state index contributed by atoms with van der Waals surface area (Å²) in [7, 11) is 0. The van der Waals surface area contributed by atoms with Gasteiger partial charge in [-0.3, -0.25) is 0 Å². The zero-order chi connectivity index (χ0) is 14.0. The summed E-state index contributed by atoms with van der Waals surface area (Å²) in [4.78, 5) is 0. The molecule has 0 heterocycles. The van der Waals surface area contributed by atoms with Gasteiger partial charge in [0.1, 0.15) is 5.82 Å². The van der Waals surface area contributed by atoms with Gasteiger partial charge in [0.15, 0.2) is 0 Å². The summed E-state index contributed by atoms with van der Waals surface area (Å²) in [6, 6.07) is 10.4. The van der Waals surface area contributed by atoms with Crippen molar-refractivity contribution < 1.29 is 9.50 Å². The maximum Gasteiger partial charge on any atom is 0.141 e. The van der Waals surface area contributed by atoms with E-state index in [1.54, 1.807) is 12.1 Å². The highest BCUT2D eigenvalue weighted by Crippen LogP contribution is 2.25. The lowest BCUT2D eigenvalue weighted by molar-refractivity contribution is 0.177. The molecule has 2 rings (SSSR count). The Labute approximate surface area is 117 Å². The van der Waals surface area contributed by atoms with Crippen molar-refractivity contribution in [3.8, 4) is 0 Å². The van der Waals surface area contributed by atoms with E-state index >= 15 is 0 Å². The molecule has 0 saturated heterocycles. The topological polar surface area (TPSA) is 20.2 Å². The van der Waals surface area contributed by atoms with Gasteiger partial charge in [-0.1, -0.05) is 35.9 Å². The molecule has 0 fully saturated rings. The van der Waals surface area contributed by atoms with Crippen molar-refractivity contribution in [2.45, 2.75) is 26.4 Å². The van der Waals surface area contributed by atoms with Crippen LogP contribution in [0.4, 0.5) is 4.39 Å². The van der Waals surface area contributed by atoms with E-state index in [9.17, 15) is 9.50 Å². The average Bonchev–Trinajstić information content (AvgIpc) is 2.37. The first kappa shape index (κ1) is 14.0. The molecule has 100 valence electrons. The molecular weight excluding hydrogens is 263 g/mol. The fourth-order valence-corrected chi connectivity index (χ4v) is 2.34. The van der Waals surface area contributed by atoms with Crippen LogP contribution >= 0.6 is 11.6 Å². The van der Waals surface area contributed by atoms with E-state index in [1.165, 1.54) is 6.07 Å². The van der Waals surface area contributed by atoms with E-state index in [2.05, 4.69) is 0 Å². The summed E-state index contributed by atoms with van der Waals surface area (Å²) in [6.07, 6.45) is -0.189. The fourth-order valence-electron chi connectivity index (χ4n) is 2.13. The average molecular weight is 279 g/mol. The summed E-state index contributed by atoms with van der Waals surface area (Å²) in [5.41, 5.74) is 3.96. The molecule has 0 radical (unpaired) electrons. The van der Waals surface area contributed by atoms with Gasteiger partial charge in [0, 0.05) is 6.42 Å². The molecule has 2 aromatic carbocycles. The van der Waals surface area contributed by atoms with Crippen LogP contribution in [0.5, 0.6) is 0 Å². The minimum atomic E-state index is -0.610. The van der Waals surface area contributed by atoms with Gasteiger partial charge >= 0.3 is 0 Å².